The molecule has 8 rings (SSSR count). The highest BCUT2D eigenvalue weighted by atomic mass is 19.1. The molecule has 4 saturated carbocycles. The van der Waals surface area contributed by atoms with Crippen molar-refractivity contribution in [1.82, 2.24) is 20.6 Å². The van der Waals surface area contributed by atoms with Crippen molar-refractivity contribution in [2.24, 2.45) is 35.5 Å². The molecule has 4 aliphatic rings. The SMILES string of the molecule is CC(C)NC(=O)C1C[C@@H]2CC(c3ccnc4ccc(F)cc34)C[C@@H]2C1.CC(C)NC(=O)C1C[C@@H]2CC(c3ccnc4ccc(F)cc34)C[C@@H]2C1. The smallest absolute Gasteiger partial charge is 0.223 e. The number of amides is 2. The molecule has 6 nitrogen and oxygen atoms in total. The summed E-state index contributed by atoms with van der Waals surface area (Å²) in [5.41, 5.74) is 4.18. The molecule has 2 amide bonds. The fourth-order valence-electron chi connectivity index (χ4n) is 9.97. The molecule has 8 atom stereocenters. The molecule has 8 heteroatoms. The zero-order chi connectivity index (χ0) is 35.1. The molecule has 0 radical (unpaired) electrons. The van der Waals surface area contributed by atoms with Crippen LogP contribution in [0.3, 0.4) is 0 Å². The molecule has 4 aliphatic carbocycles. The Morgan fingerprint density at radius 1 is 0.580 bits per heavy atom. The largest absolute Gasteiger partial charge is 0.354 e. The zero-order valence-electron chi connectivity index (χ0n) is 29.7. The minimum Gasteiger partial charge on any atom is -0.354 e. The second-order valence-corrected chi connectivity index (χ2v) is 16.2. The van der Waals surface area contributed by atoms with Gasteiger partial charge in [-0.15, -0.1) is 0 Å². The zero-order valence-corrected chi connectivity index (χ0v) is 29.7. The normalized spacial score (nSPS) is 28.5. The summed E-state index contributed by atoms with van der Waals surface area (Å²) in [6, 6.07) is 14.2. The topological polar surface area (TPSA) is 84.0 Å². The number of pyridine rings is 2. The molecule has 264 valence electrons. The van der Waals surface area contributed by atoms with E-state index in [1.807, 2.05) is 40.1 Å². The van der Waals surface area contributed by atoms with Gasteiger partial charge in [-0.25, -0.2) is 8.78 Å². The van der Waals surface area contributed by atoms with E-state index < -0.39 is 0 Å². The average Bonchev–Trinajstić information content (AvgIpc) is 3.84. The Bertz CT molecular complexity index is 1710. The Morgan fingerprint density at radius 2 is 0.940 bits per heavy atom. The first kappa shape index (κ1) is 34.5. The number of benzene rings is 2. The number of rotatable bonds is 6. The van der Waals surface area contributed by atoms with E-state index in [1.54, 1.807) is 24.3 Å². The van der Waals surface area contributed by atoms with E-state index >= 15 is 0 Å². The third-order valence-electron chi connectivity index (χ3n) is 12.0. The fraction of sp³-hybridized carbons (Fsp3) is 0.524. The Hall–Kier alpha value is -3.94. The van der Waals surface area contributed by atoms with Crippen molar-refractivity contribution in [1.29, 1.82) is 0 Å². The van der Waals surface area contributed by atoms with Crippen LogP contribution in [-0.4, -0.2) is 33.9 Å². The van der Waals surface area contributed by atoms with Crippen molar-refractivity contribution in [2.45, 2.75) is 103 Å². The van der Waals surface area contributed by atoms with Gasteiger partial charge < -0.3 is 10.6 Å². The van der Waals surface area contributed by atoms with E-state index in [0.717, 1.165) is 73.2 Å². The summed E-state index contributed by atoms with van der Waals surface area (Å²) in [6.07, 6.45) is 12.1. The standard InChI is InChI=1S/2C21H25FN2O/c2*1-12(2)24-21(25)16-9-13-7-15(8-14(13)10-16)18-5-6-23-20-4-3-17(22)11-19(18)20/h2*3-6,11-16H,7-10H2,1-2H3,(H,24,25)/t2*13-,14+,15?,16?. The molecule has 0 saturated heterocycles. The van der Waals surface area contributed by atoms with Crippen LogP contribution in [0.5, 0.6) is 0 Å². The first-order valence-electron chi connectivity index (χ1n) is 18.7. The van der Waals surface area contributed by atoms with Gasteiger partial charge in [-0.2, -0.15) is 0 Å². The first-order chi connectivity index (χ1) is 24.0. The first-order valence-corrected chi connectivity index (χ1v) is 18.7. The van der Waals surface area contributed by atoms with Crippen LogP contribution >= 0.6 is 0 Å². The van der Waals surface area contributed by atoms with E-state index in [9.17, 15) is 18.4 Å². The number of hydrogen-bond acceptors (Lipinski definition) is 4. The van der Waals surface area contributed by atoms with Gasteiger partial charge in [0.25, 0.3) is 0 Å². The highest BCUT2D eigenvalue weighted by molar-refractivity contribution is 5.84. The number of fused-ring (bicyclic) bond motifs is 4. The van der Waals surface area contributed by atoms with Gasteiger partial charge in [0.2, 0.25) is 11.8 Å². The van der Waals surface area contributed by atoms with Crippen molar-refractivity contribution in [3.8, 4) is 0 Å². The third kappa shape index (κ3) is 7.26. The predicted molar refractivity (Wildman–Crippen MR) is 193 cm³/mol. The number of nitrogens with one attached hydrogen (secondary N) is 2. The van der Waals surface area contributed by atoms with Crippen LogP contribution in [0.4, 0.5) is 8.78 Å². The molecule has 2 aromatic heterocycles. The Labute approximate surface area is 294 Å². The summed E-state index contributed by atoms with van der Waals surface area (Å²) < 4.78 is 27.4. The van der Waals surface area contributed by atoms with Crippen molar-refractivity contribution in [3.63, 3.8) is 0 Å². The maximum Gasteiger partial charge on any atom is 0.223 e. The molecule has 2 aromatic carbocycles. The minimum absolute atomic E-state index is 0.171. The van der Waals surface area contributed by atoms with Gasteiger partial charge in [0.05, 0.1) is 11.0 Å². The lowest BCUT2D eigenvalue weighted by molar-refractivity contribution is -0.126. The molecule has 2 N–H and O–H groups in total. The van der Waals surface area contributed by atoms with Gasteiger partial charge in [-0.05, 0) is 174 Å². The molecular formula is C42H50F2N4O2. The lowest BCUT2D eigenvalue weighted by Crippen LogP contribution is -2.34. The summed E-state index contributed by atoms with van der Waals surface area (Å²) in [7, 11) is 0. The third-order valence-corrected chi connectivity index (χ3v) is 12.0. The van der Waals surface area contributed by atoms with Gasteiger partial charge >= 0.3 is 0 Å². The monoisotopic (exact) mass is 680 g/mol. The van der Waals surface area contributed by atoms with Gasteiger partial charge in [0, 0.05) is 47.1 Å². The molecule has 0 aliphatic heterocycles. The number of hydrogen-bond donors (Lipinski definition) is 2. The minimum atomic E-state index is -0.203. The number of carbonyl (C=O) groups is 2. The van der Waals surface area contributed by atoms with Gasteiger partial charge in [-0.1, -0.05) is 0 Å². The molecular weight excluding hydrogens is 630 g/mol. The summed E-state index contributed by atoms with van der Waals surface area (Å²) in [6.45, 7) is 8.05. The summed E-state index contributed by atoms with van der Waals surface area (Å²) in [5, 5.41) is 8.01. The predicted octanol–water partition coefficient (Wildman–Crippen LogP) is 8.84. The van der Waals surface area contributed by atoms with Gasteiger partial charge in [0.15, 0.2) is 0 Å². The van der Waals surface area contributed by atoms with Gasteiger partial charge in [0.1, 0.15) is 11.6 Å². The second kappa shape index (κ2) is 14.4. The van der Waals surface area contributed by atoms with Crippen molar-refractivity contribution >= 4 is 33.6 Å². The molecule has 4 fully saturated rings. The lowest BCUT2D eigenvalue weighted by Gasteiger charge is -2.17. The summed E-state index contributed by atoms with van der Waals surface area (Å²) >= 11 is 0. The van der Waals surface area contributed by atoms with Crippen molar-refractivity contribution < 1.29 is 18.4 Å². The Balaban J connectivity index is 0.000000157. The highest BCUT2D eigenvalue weighted by Gasteiger charge is 2.45. The highest BCUT2D eigenvalue weighted by Crippen LogP contribution is 2.54. The van der Waals surface area contributed by atoms with E-state index in [4.69, 9.17) is 0 Å². The summed E-state index contributed by atoms with van der Waals surface area (Å²) in [4.78, 5) is 33.3. The second-order valence-electron chi connectivity index (χ2n) is 16.2. The van der Waals surface area contributed by atoms with Gasteiger partial charge in [-0.3, -0.25) is 19.6 Å². The van der Waals surface area contributed by atoms with Crippen LogP contribution < -0.4 is 10.6 Å². The number of nitrogens with zero attached hydrogens (tertiary/aromatic N) is 2. The van der Waals surface area contributed by atoms with Crippen molar-refractivity contribution in [3.05, 3.63) is 83.7 Å². The Morgan fingerprint density at radius 3 is 1.28 bits per heavy atom. The van der Waals surface area contributed by atoms with Crippen LogP contribution in [0.1, 0.15) is 102 Å². The van der Waals surface area contributed by atoms with E-state index in [2.05, 4.69) is 32.7 Å². The quantitative estimate of drug-likeness (QED) is 0.213. The maximum absolute atomic E-state index is 13.7. The van der Waals surface area contributed by atoms with Crippen LogP contribution in [-0.2, 0) is 9.59 Å². The van der Waals surface area contributed by atoms with Crippen LogP contribution in [0.15, 0.2) is 60.9 Å². The van der Waals surface area contributed by atoms with E-state index in [-0.39, 0.29) is 47.4 Å². The van der Waals surface area contributed by atoms with Crippen molar-refractivity contribution in [2.75, 3.05) is 0 Å². The van der Waals surface area contributed by atoms with E-state index in [1.165, 1.54) is 23.3 Å². The average molecular weight is 681 g/mol. The van der Waals surface area contributed by atoms with E-state index in [0.29, 0.717) is 35.5 Å². The number of carbonyl (C=O) groups excluding carboxylic acids is 2. The van der Waals surface area contributed by atoms with Crippen LogP contribution in [0.2, 0.25) is 0 Å². The number of halogens is 2. The molecule has 0 bridgehead atoms. The molecule has 0 spiro atoms. The van der Waals surface area contributed by atoms with Crippen LogP contribution in [0, 0.1) is 47.1 Å². The van der Waals surface area contributed by atoms with Crippen LogP contribution in [0.25, 0.3) is 21.8 Å². The summed E-state index contributed by atoms with van der Waals surface area (Å²) in [5.74, 6) is 3.75. The maximum atomic E-state index is 13.7. The molecule has 4 unspecified atom stereocenters. The number of aromatic nitrogens is 2. The fourth-order valence-corrected chi connectivity index (χ4v) is 9.97. The molecule has 50 heavy (non-hydrogen) atoms. The Kier molecular flexibility index (Phi) is 9.91. The lowest BCUT2D eigenvalue weighted by atomic mass is 9.90. The molecule has 2 heterocycles. The molecule has 4 aromatic rings.